The maximum absolute atomic E-state index is 13.3. The number of benzene rings is 1. The highest BCUT2D eigenvalue weighted by molar-refractivity contribution is 9.10. The molecule has 1 aliphatic rings. The Hall–Kier alpha value is -2.26. The lowest BCUT2D eigenvalue weighted by atomic mass is 10.1. The van der Waals surface area contributed by atoms with Crippen molar-refractivity contribution in [1.82, 2.24) is 9.88 Å². The second-order valence-corrected chi connectivity index (χ2v) is 7.77. The highest BCUT2D eigenvalue weighted by atomic mass is 79.9. The number of anilines is 2. The van der Waals surface area contributed by atoms with Crippen LogP contribution in [-0.4, -0.2) is 48.5 Å². The normalized spacial score (nSPS) is 17.8. The first-order valence-corrected chi connectivity index (χ1v) is 9.62. The van der Waals surface area contributed by atoms with Crippen LogP contribution >= 0.6 is 15.9 Å². The van der Waals surface area contributed by atoms with Gasteiger partial charge in [-0.2, -0.15) is 0 Å². The number of carbonyl (C=O) groups excluding carboxylic acids is 1. The Labute approximate surface area is 169 Å². The lowest BCUT2D eigenvalue weighted by Crippen LogP contribution is -2.50. The molecule has 1 aromatic carbocycles. The number of alkyl halides is 2. The van der Waals surface area contributed by atoms with E-state index in [1.54, 1.807) is 6.07 Å². The summed E-state index contributed by atoms with van der Waals surface area (Å²) in [5.74, 6) is -0.701. The van der Waals surface area contributed by atoms with E-state index in [1.807, 2.05) is 12.1 Å². The van der Waals surface area contributed by atoms with Gasteiger partial charge in [-0.05, 0) is 32.2 Å². The van der Waals surface area contributed by atoms with Gasteiger partial charge in [0.25, 0.3) is 12.3 Å². The average Bonchev–Trinajstić information content (AvgIpc) is 2.64. The van der Waals surface area contributed by atoms with Gasteiger partial charge in [0.05, 0.1) is 16.9 Å². The van der Waals surface area contributed by atoms with Crippen LogP contribution < -0.4 is 15.8 Å². The van der Waals surface area contributed by atoms with Crippen molar-refractivity contribution in [1.29, 1.82) is 0 Å². The third-order valence-electron chi connectivity index (χ3n) is 4.94. The summed E-state index contributed by atoms with van der Waals surface area (Å²) in [6, 6.07) is 6.59. The Kier molecular flexibility index (Phi) is 6.14. The number of pyridine rings is 1. The topological polar surface area (TPSA) is 68.4 Å². The summed E-state index contributed by atoms with van der Waals surface area (Å²) >= 11 is 3.39. The molecule has 9 heteroatoms. The zero-order valence-corrected chi connectivity index (χ0v) is 17.1. The molecule has 2 heterocycles. The number of amides is 1. The minimum Gasteiger partial charge on any atom is -0.367 e. The number of H-pyrrole nitrogens is 1. The number of halogens is 3. The van der Waals surface area contributed by atoms with Gasteiger partial charge < -0.3 is 20.1 Å². The maximum atomic E-state index is 13.3. The maximum Gasteiger partial charge on any atom is 0.264 e. The molecule has 1 fully saturated rings. The first-order chi connectivity index (χ1) is 13.3. The molecule has 150 valence electrons. The molecular formula is C19H21BrF2N4O2. The quantitative estimate of drug-likeness (QED) is 0.741. The first kappa shape index (κ1) is 20.5. The summed E-state index contributed by atoms with van der Waals surface area (Å²) in [6.07, 6.45) is -1.90. The minimum atomic E-state index is -2.93. The van der Waals surface area contributed by atoms with E-state index in [2.05, 4.69) is 50.0 Å². The molecule has 0 unspecified atom stereocenters. The van der Waals surface area contributed by atoms with E-state index in [-0.39, 0.29) is 5.56 Å². The predicted octanol–water partition coefficient (Wildman–Crippen LogP) is 3.47. The van der Waals surface area contributed by atoms with Gasteiger partial charge in [0.2, 0.25) is 5.56 Å². The Bertz CT molecular complexity index is 934. The number of likely N-dealkylation sites (N-methyl/N-ethyl adjacent to an activating group) is 1. The molecule has 28 heavy (non-hydrogen) atoms. The summed E-state index contributed by atoms with van der Waals surface area (Å²) in [6.45, 7) is 4.56. The van der Waals surface area contributed by atoms with Gasteiger partial charge in [-0.25, -0.2) is 8.78 Å². The Morgan fingerprint density at radius 2 is 2.07 bits per heavy atom. The van der Waals surface area contributed by atoms with Crippen LogP contribution in [-0.2, 0) is 0 Å². The zero-order valence-electron chi connectivity index (χ0n) is 15.5. The van der Waals surface area contributed by atoms with Crippen molar-refractivity contribution in [3.63, 3.8) is 0 Å². The molecule has 1 saturated heterocycles. The van der Waals surface area contributed by atoms with Crippen LogP contribution in [0.25, 0.3) is 0 Å². The van der Waals surface area contributed by atoms with E-state index in [0.29, 0.717) is 11.7 Å². The Balaban J connectivity index is 1.92. The first-order valence-electron chi connectivity index (χ1n) is 8.83. The van der Waals surface area contributed by atoms with Gasteiger partial charge in [0.15, 0.2) is 0 Å². The van der Waals surface area contributed by atoms with Gasteiger partial charge in [-0.15, -0.1) is 0 Å². The zero-order chi connectivity index (χ0) is 20.4. The fourth-order valence-electron chi connectivity index (χ4n) is 3.21. The molecule has 0 bridgehead atoms. The molecule has 0 spiro atoms. The SMILES string of the molecule is C[C@H]1CN(c2ccc(Br)cc2NC(=O)c2c[nH]c(=O)cc2C(F)F)CCN1C. The van der Waals surface area contributed by atoms with Crippen molar-refractivity contribution in [2.75, 3.05) is 36.9 Å². The van der Waals surface area contributed by atoms with Crippen LogP contribution in [0.2, 0.25) is 0 Å². The van der Waals surface area contributed by atoms with Crippen LogP contribution in [0, 0.1) is 0 Å². The molecule has 1 amide bonds. The molecule has 0 radical (unpaired) electrons. The van der Waals surface area contributed by atoms with Gasteiger partial charge >= 0.3 is 0 Å². The number of aromatic amines is 1. The molecule has 0 aliphatic carbocycles. The molecule has 1 aromatic heterocycles. The number of aromatic nitrogens is 1. The lowest BCUT2D eigenvalue weighted by molar-refractivity contribution is 0.101. The van der Waals surface area contributed by atoms with Crippen molar-refractivity contribution in [2.45, 2.75) is 19.4 Å². The number of rotatable bonds is 4. The average molecular weight is 455 g/mol. The van der Waals surface area contributed by atoms with E-state index in [1.165, 1.54) is 0 Å². The molecule has 2 N–H and O–H groups in total. The number of nitrogens with one attached hydrogen (secondary N) is 2. The standard InChI is InChI=1S/C19H21BrF2N4O2/c1-11-10-26(6-5-25(11)2)16-4-3-12(20)7-15(16)24-19(28)14-9-23-17(27)8-13(14)18(21)22/h3-4,7-9,11,18H,5-6,10H2,1-2H3,(H,23,27)(H,24,28)/t11-/m0/s1. The number of piperazine rings is 1. The minimum absolute atomic E-state index is 0.257. The lowest BCUT2D eigenvalue weighted by Gasteiger charge is -2.39. The summed E-state index contributed by atoms with van der Waals surface area (Å²) in [4.78, 5) is 30.8. The number of hydrogen-bond donors (Lipinski definition) is 2. The van der Waals surface area contributed by atoms with Gasteiger partial charge in [-0.1, -0.05) is 15.9 Å². The number of carbonyl (C=O) groups is 1. The van der Waals surface area contributed by atoms with Gasteiger partial charge in [0, 0.05) is 48.0 Å². The molecule has 6 nitrogen and oxygen atoms in total. The number of nitrogens with zero attached hydrogens (tertiary/aromatic N) is 2. The fraction of sp³-hybridized carbons (Fsp3) is 0.368. The molecule has 1 atom stereocenters. The summed E-state index contributed by atoms with van der Waals surface area (Å²) < 4.78 is 27.3. The third-order valence-corrected chi connectivity index (χ3v) is 5.44. The number of hydrogen-bond acceptors (Lipinski definition) is 4. The molecule has 0 saturated carbocycles. The Morgan fingerprint density at radius 1 is 1.32 bits per heavy atom. The van der Waals surface area contributed by atoms with Crippen LogP contribution in [0.15, 0.2) is 39.7 Å². The van der Waals surface area contributed by atoms with Crippen LogP contribution in [0.4, 0.5) is 20.2 Å². The smallest absolute Gasteiger partial charge is 0.264 e. The monoisotopic (exact) mass is 454 g/mol. The van der Waals surface area contributed by atoms with Crippen molar-refractivity contribution < 1.29 is 13.6 Å². The van der Waals surface area contributed by atoms with Crippen LogP contribution in [0.3, 0.4) is 0 Å². The van der Waals surface area contributed by atoms with E-state index < -0.39 is 23.5 Å². The fourth-order valence-corrected chi connectivity index (χ4v) is 3.57. The second-order valence-electron chi connectivity index (χ2n) is 6.86. The third kappa shape index (κ3) is 4.41. The second kappa shape index (κ2) is 8.40. The van der Waals surface area contributed by atoms with Crippen molar-refractivity contribution in [2.24, 2.45) is 0 Å². The largest absolute Gasteiger partial charge is 0.367 e. The molecular weight excluding hydrogens is 434 g/mol. The highest BCUT2D eigenvalue weighted by Crippen LogP contribution is 2.32. The Morgan fingerprint density at radius 3 is 2.75 bits per heavy atom. The predicted molar refractivity (Wildman–Crippen MR) is 108 cm³/mol. The van der Waals surface area contributed by atoms with Crippen molar-refractivity contribution >= 4 is 33.2 Å². The van der Waals surface area contributed by atoms with Gasteiger partial charge in [-0.3, -0.25) is 9.59 Å². The summed E-state index contributed by atoms with van der Waals surface area (Å²) in [5.41, 5.74) is -0.193. The van der Waals surface area contributed by atoms with Crippen LogP contribution in [0.1, 0.15) is 29.3 Å². The molecule has 2 aromatic rings. The molecule has 3 rings (SSSR count). The highest BCUT2D eigenvalue weighted by Gasteiger charge is 2.24. The van der Waals surface area contributed by atoms with Crippen LogP contribution in [0.5, 0.6) is 0 Å². The van der Waals surface area contributed by atoms with Crippen molar-refractivity contribution in [3.8, 4) is 0 Å². The van der Waals surface area contributed by atoms with E-state index >= 15 is 0 Å². The van der Waals surface area contributed by atoms with E-state index in [4.69, 9.17) is 0 Å². The summed E-state index contributed by atoms with van der Waals surface area (Å²) in [5, 5.41) is 2.73. The van der Waals surface area contributed by atoms with E-state index in [0.717, 1.165) is 42.1 Å². The van der Waals surface area contributed by atoms with E-state index in [9.17, 15) is 18.4 Å². The van der Waals surface area contributed by atoms with Crippen molar-refractivity contribution in [3.05, 3.63) is 56.4 Å². The van der Waals surface area contributed by atoms with Gasteiger partial charge in [0.1, 0.15) is 0 Å². The molecule has 1 aliphatic heterocycles. The summed E-state index contributed by atoms with van der Waals surface area (Å²) in [7, 11) is 2.06.